The van der Waals surface area contributed by atoms with Gasteiger partial charge >= 0.3 is 0 Å². The van der Waals surface area contributed by atoms with Crippen molar-refractivity contribution in [3.63, 3.8) is 0 Å². The Morgan fingerprint density at radius 2 is 1.88 bits per heavy atom. The molecule has 0 aliphatic rings. The van der Waals surface area contributed by atoms with Gasteiger partial charge < -0.3 is 0 Å². The zero-order chi connectivity index (χ0) is 22.6. The Labute approximate surface area is 188 Å². The van der Waals surface area contributed by atoms with E-state index in [4.69, 9.17) is 11.6 Å². The topological polar surface area (TPSA) is 81.3 Å². The van der Waals surface area contributed by atoms with E-state index in [0.717, 1.165) is 28.4 Å². The summed E-state index contributed by atoms with van der Waals surface area (Å²) in [5.74, 6) is -0.456. The number of hydrogen-bond acceptors (Lipinski definition) is 4. The summed E-state index contributed by atoms with van der Waals surface area (Å²) in [6, 6.07) is 11.6. The SMILES string of the molecule is Cn1ncc2cc(-c3cnc4c(NS(C)(=O)=O)cc(-c5ccc(F)cc5Cl)cn34)ccc21. The van der Waals surface area contributed by atoms with Crippen molar-refractivity contribution in [2.75, 3.05) is 11.0 Å². The van der Waals surface area contributed by atoms with E-state index in [1.165, 1.54) is 12.1 Å². The fraction of sp³-hybridized carbons (Fsp3) is 0.0909. The second kappa shape index (κ2) is 7.32. The maximum absolute atomic E-state index is 13.6. The predicted molar refractivity (Wildman–Crippen MR) is 124 cm³/mol. The van der Waals surface area contributed by atoms with Crippen LogP contribution < -0.4 is 4.72 Å². The Morgan fingerprint density at radius 3 is 2.62 bits per heavy atom. The van der Waals surface area contributed by atoms with E-state index < -0.39 is 15.8 Å². The number of aryl methyl sites for hydroxylation is 1. The molecule has 0 saturated heterocycles. The second-order valence-corrected chi connectivity index (χ2v) is 9.68. The molecule has 32 heavy (non-hydrogen) atoms. The summed E-state index contributed by atoms with van der Waals surface area (Å²) in [6.45, 7) is 0. The molecule has 3 aromatic heterocycles. The first-order chi connectivity index (χ1) is 15.2. The molecule has 7 nitrogen and oxygen atoms in total. The summed E-state index contributed by atoms with van der Waals surface area (Å²) in [6.07, 6.45) is 6.33. The third kappa shape index (κ3) is 3.59. The number of nitrogens with one attached hydrogen (secondary N) is 1. The summed E-state index contributed by atoms with van der Waals surface area (Å²) in [4.78, 5) is 4.46. The molecule has 0 radical (unpaired) electrons. The predicted octanol–water partition coefficient (Wildman–Crippen LogP) is 4.72. The standard InChI is InChI=1S/C22H17ClFN5O2S/c1-28-20-6-3-13(7-14(20)10-26-28)21-11-25-22-19(27-32(2,30)31)8-15(12-29(21)22)17-5-4-16(24)9-18(17)23/h3-12,27H,1-2H3. The number of halogens is 2. The Hall–Kier alpha value is -3.43. The molecule has 0 unspecified atom stereocenters. The third-order valence-electron chi connectivity index (χ3n) is 5.19. The molecule has 0 amide bonds. The summed E-state index contributed by atoms with van der Waals surface area (Å²) in [5, 5.41) is 5.46. The minimum Gasteiger partial charge on any atom is -0.297 e. The molecule has 162 valence electrons. The second-order valence-electron chi connectivity index (χ2n) is 7.52. The van der Waals surface area contributed by atoms with Crippen LogP contribution in [0.2, 0.25) is 5.02 Å². The molecule has 0 saturated carbocycles. The maximum atomic E-state index is 13.6. The number of fused-ring (bicyclic) bond motifs is 2. The molecule has 3 heterocycles. The van der Waals surface area contributed by atoms with E-state index >= 15 is 0 Å². The number of benzene rings is 2. The van der Waals surface area contributed by atoms with Crippen LogP contribution in [0, 0.1) is 5.82 Å². The lowest BCUT2D eigenvalue weighted by molar-refractivity contribution is 0.607. The molecule has 0 bridgehead atoms. The van der Waals surface area contributed by atoms with Gasteiger partial charge in [-0.05, 0) is 36.4 Å². The first-order valence-corrected chi connectivity index (χ1v) is 11.8. The summed E-state index contributed by atoms with van der Waals surface area (Å²) in [7, 11) is -1.70. The van der Waals surface area contributed by atoms with Crippen molar-refractivity contribution in [2.24, 2.45) is 7.05 Å². The number of nitrogens with zero attached hydrogens (tertiary/aromatic N) is 4. The van der Waals surface area contributed by atoms with Crippen molar-refractivity contribution in [2.45, 2.75) is 0 Å². The monoisotopic (exact) mass is 469 g/mol. The van der Waals surface area contributed by atoms with Crippen molar-refractivity contribution in [3.05, 3.63) is 71.9 Å². The van der Waals surface area contributed by atoms with Gasteiger partial charge in [0, 0.05) is 35.3 Å². The Kier molecular flexibility index (Phi) is 4.68. The molecule has 1 N–H and O–H groups in total. The van der Waals surface area contributed by atoms with E-state index in [1.807, 2.05) is 25.2 Å². The summed E-state index contributed by atoms with van der Waals surface area (Å²) >= 11 is 6.29. The van der Waals surface area contributed by atoms with E-state index in [9.17, 15) is 12.8 Å². The molecule has 10 heteroatoms. The fourth-order valence-electron chi connectivity index (χ4n) is 3.77. The van der Waals surface area contributed by atoms with Gasteiger partial charge in [0.05, 0.1) is 40.6 Å². The molecule has 5 rings (SSSR count). The van der Waals surface area contributed by atoms with Crippen LogP contribution in [0.3, 0.4) is 0 Å². The van der Waals surface area contributed by atoms with Gasteiger partial charge in [-0.1, -0.05) is 17.7 Å². The van der Waals surface area contributed by atoms with E-state index in [1.54, 1.807) is 39.8 Å². The normalized spacial score (nSPS) is 12.0. The van der Waals surface area contributed by atoms with Crippen molar-refractivity contribution in [3.8, 4) is 22.4 Å². The summed E-state index contributed by atoms with van der Waals surface area (Å²) in [5.41, 5.74) is 4.51. The van der Waals surface area contributed by atoms with Crippen molar-refractivity contribution in [1.82, 2.24) is 19.2 Å². The number of hydrogen-bond donors (Lipinski definition) is 1. The highest BCUT2D eigenvalue weighted by Gasteiger charge is 2.16. The van der Waals surface area contributed by atoms with Crippen molar-refractivity contribution < 1.29 is 12.8 Å². The molecule has 0 fully saturated rings. The highest BCUT2D eigenvalue weighted by Crippen LogP contribution is 2.34. The minimum absolute atomic E-state index is 0.216. The van der Waals surface area contributed by atoms with Gasteiger partial charge in [-0.15, -0.1) is 0 Å². The van der Waals surface area contributed by atoms with E-state index in [0.29, 0.717) is 22.5 Å². The number of pyridine rings is 1. The van der Waals surface area contributed by atoms with Gasteiger partial charge in [0.2, 0.25) is 10.0 Å². The molecule has 0 spiro atoms. The number of rotatable bonds is 4. The molecule has 2 aromatic carbocycles. The summed E-state index contributed by atoms with van der Waals surface area (Å²) < 4.78 is 43.7. The fourth-order valence-corrected chi connectivity index (χ4v) is 4.60. The van der Waals surface area contributed by atoms with Gasteiger partial charge in [-0.2, -0.15) is 5.10 Å². The van der Waals surface area contributed by atoms with Crippen LogP contribution in [-0.2, 0) is 17.1 Å². The molecule has 0 aliphatic carbocycles. The Morgan fingerprint density at radius 1 is 1.06 bits per heavy atom. The first-order valence-electron chi connectivity index (χ1n) is 9.56. The lowest BCUT2D eigenvalue weighted by Crippen LogP contribution is -2.11. The van der Waals surface area contributed by atoms with Crippen LogP contribution >= 0.6 is 11.6 Å². The zero-order valence-electron chi connectivity index (χ0n) is 17.0. The molecule has 5 aromatic rings. The quantitative estimate of drug-likeness (QED) is 0.413. The maximum Gasteiger partial charge on any atom is 0.229 e. The van der Waals surface area contributed by atoms with E-state index in [2.05, 4.69) is 14.8 Å². The van der Waals surface area contributed by atoms with Crippen LogP contribution in [0.15, 0.2) is 61.1 Å². The van der Waals surface area contributed by atoms with Crippen LogP contribution in [0.4, 0.5) is 10.1 Å². The van der Waals surface area contributed by atoms with Crippen LogP contribution in [0.1, 0.15) is 0 Å². The van der Waals surface area contributed by atoms with Gasteiger partial charge in [-0.3, -0.25) is 13.8 Å². The third-order valence-corrected chi connectivity index (χ3v) is 6.09. The van der Waals surface area contributed by atoms with Crippen LogP contribution in [0.5, 0.6) is 0 Å². The van der Waals surface area contributed by atoms with E-state index in [-0.39, 0.29) is 5.02 Å². The highest BCUT2D eigenvalue weighted by atomic mass is 35.5. The zero-order valence-corrected chi connectivity index (χ0v) is 18.6. The average molecular weight is 470 g/mol. The first kappa shape index (κ1) is 20.5. The van der Waals surface area contributed by atoms with Gasteiger partial charge in [0.15, 0.2) is 5.65 Å². The van der Waals surface area contributed by atoms with Crippen molar-refractivity contribution >= 4 is 43.9 Å². The average Bonchev–Trinajstić information content (AvgIpc) is 3.30. The lowest BCUT2D eigenvalue weighted by Gasteiger charge is -2.12. The van der Waals surface area contributed by atoms with Crippen LogP contribution in [0.25, 0.3) is 38.9 Å². The number of sulfonamides is 1. The molecule has 0 aliphatic heterocycles. The van der Waals surface area contributed by atoms with Gasteiger partial charge in [0.25, 0.3) is 0 Å². The number of imidazole rings is 1. The minimum atomic E-state index is -3.57. The molecular formula is C22H17ClFN5O2S. The van der Waals surface area contributed by atoms with Crippen molar-refractivity contribution in [1.29, 1.82) is 0 Å². The highest BCUT2D eigenvalue weighted by molar-refractivity contribution is 7.92. The van der Waals surface area contributed by atoms with Gasteiger partial charge in [0.1, 0.15) is 5.82 Å². The van der Waals surface area contributed by atoms with Crippen LogP contribution in [-0.4, -0.2) is 33.8 Å². The number of aromatic nitrogens is 4. The Balaban J connectivity index is 1.77. The number of anilines is 1. The molecular weight excluding hydrogens is 453 g/mol. The smallest absolute Gasteiger partial charge is 0.229 e. The lowest BCUT2D eigenvalue weighted by atomic mass is 10.1. The largest absolute Gasteiger partial charge is 0.297 e. The Bertz CT molecular complexity index is 1620. The molecule has 0 atom stereocenters. The van der Waals surface area contributed by atoms with Gasteiger partial charge in [-0.25, -0.2) is 17.8 Å².